The van der Waals surface area contributed by atoms with E-state index in [0.717, 1.165) is 5.56 Å². The van der Waals surface area contributed by atoms with E-state index < -0.39 is 11.3 Å². The van der Waals surface area contributed by atoms with Crippen molar-refractivity contribution in [1.29, 1.82) is 0 Å². The zero-order valence-electron chi connectivity index (χ0n) is 6.62. The molecule has 0 aliphatic heterocycles. The van der Waals surface area contributed by atoms with Gasteiger partial charge in [-0.1, -0.05) is 24.3 Å². The molecule has 2 nitrogen and oxygen atoms in total. The highest BCUT2D eigenvalue weighted by atomic mass is 35.5. The summed E-state index contributed by atoms with van der Waals surface area (Å²) in [6.07, 6.45) is -1.20. The fourth-order valence-electron chi connectivity index (χ4n) is 1.02. The maximum absolute atomic E-state index is 10.6. The van der Waals surface area contributed by atoms with Crippen LogP contribution in [0.2, 0.25) is 0 Å². The summed E-state index contributed by atoms with van der Waals surface area (Å²) in [4.78, 5) is 10.6. The van der Waals surface area contributed by atoms with Crippen LogP contribution in [0.5, 0.6) is 0 Å². The smallest absolute Gasteiger partial charge is 0.254 e. The predicted octanol–water partition coefficient (Wildman–Crippen LogP) is 1.79. The van der Waals surface area contributed by atoms with Crippen LogP contribution >= 0.6 is 11.6 Å². The number of halogens is 1. The first-order chi connectivity index (χ1) is 5.63. The molecule has 1 aromatic rings. The first-order valence-electron chi connectivity index (χ1n) is 3.56. The second-order valence-electron chi connectivity index (χ2n) is 2.56. The summed E-state index contributed by atoms with van der Waals surface area (Å²) in [6.45, 7) is 1.82. The third-order valence-corrected chi connectivity index (χ3v) is 1.90. The van der Waals surface area contributed by atoms with Gasteiger partial charge in [-0.15, -0.1) is 0 Å². The number of carbonyl (C=O) groups excluding carboxylic acids is 1. The molecule has 0 fully saturated rings. The van der Waals surface area contributed by atoms with E-state index in [0.29, 0.717) is 5.56 Å². The molecule has 64 valence electrons. The summed E-state index contributed by atoms with van der Waals surface area (Å²) in [5.74, 6) is 0. The lowest BCUT2D eigenvalue weighted by molar-refractivity contribution is -0.119. The molecule has 0 aromatic heterocycles. The molecule has 3 heteroatoms. The molecular weight excluding hydrogens is 176 g/mol. The molecular formula is C9H9ClO2. The molecule has 1 unspecified atom stereocenters. The second-order valence-corrected chi connectivity index (χ2v) is 2.94. The minimum Gasteiger partial charge on any atom is -0.379 e. The predicted molar refractivity (Wildman–Crippen MR) is 47.0 cm³/mol. The molecule has 12 heavy (non-hydrogen) atoms. The SMILES string of the molecule is Cc1ccccc1C(O)C(=O)Cl. The third kappa shape index (κ3) is 1.84. The first kappa shape index (κ1) is 9.23. The van der Waals surface area contributed by atoms with E-state index in [1.807, 2.05) is 19.1 Å². The Bertz CT molecular complexity index is 296. The number of aliphatic hydroxyl groups excluding tert-OH is 1. The van der Waals surface area contributed by atoms with Gasteiger partial charge < -0.3 is 5.11 Å². The Kier molecular flexibility index (Phi) is 2.84. The molecule has 1 atom stereocenters. The van der Waals surface area contributed by atoms with E-state index in [1.54, 1.807) is 12.1 Å². The van der Waals surface area contributed by atoms with Crippen molar-refractivity contribution in [3.05, 3.63) is 35.4 Å². The molecule has 0 heterocycles. The van der Waals surface area contributed by atoms with Crippen LogP contribution in [0.25, 0.3) is 0 Å². The second kappa shape index (κ2) is 3.70. The Hall–Kier alpha value is -0.860. The maximum Gasteiger partial charge on any atom is 0.254 e. The van der Waals surface area contributed by atoms with E-state index in [1.165, 1.54) is 0 Å². The van der Waals surface area contributed by atoms with Gasteiger partial charge in [0.15, 0.2) is 6.10 Å². The highest BCUT2D eigenvalue weighted by molar-refractivity contribution is 6.64. The van der Waals surface area contributed by atoms with Crippen LogP contribution in [0.4, 0.5) is 0 Å². The van der Waals surface area contributed by atoms with Crippen molar-refractivity contribution >= 4 is 16.8 Å². The van der Waals surface area contributed by atoms with Crippen molar-refractivity contribution in [2.75, 3.05) is 0 Å². The summed E-state index contributed by atoms with van der Waals surface area (Å²) < 4.78 is 0. The molecule has 0 bridgehead atoms. The molecule has 1 rings (SSSR count). The fourth-order valence-corrected chi connectivity index (χ4v) is 1.13. The Morgan fingerprint density at radius 3 is 2.58 bits per heavy atom. The molecule has 0 saturated carbocycles. The van der Waals surface area contributed by atoms with Gasteiger partial charge >= 0.3 is 0 Å². The van der Waals surface area contributed by atoms with E-state index in [9.17, 15) is 9.90 Å². The molecule has 0 spiro atoms. The lowest BCUT2D eigenvalue weighted by Crippen LogP contribution is -2.06. The first-order valence-corrected chi connectivity index (χ1v) is 3.93. The quantitative estimate of drug-likeness (QED) is 0.712. The van der Waals surface area contributed by atoms with Crippen LogP contribution in [-0.2, 0) is 4.79 Å². The lowest BCUT2D eigenvalue weighted by Gasteiger charge is -2.07. The third-order valence-electron chi connectivity index (χ3n) is 1.70. The van der Waals surface area contributed by atoms with Gasteiger partial charge in [0, 0.05) is 0 Å². The van der Waals surface area contributed by atoms with E-state index in [2.05, 4.69) is 0 Å². The van der Waals surface area contributed by atoms with Crippen LogP contribution < -0.4 is 0 Å². The molecule has 0 aliphatic carbocycles. The average molecular weight is 185 g/mol. The van der Waals surface area contributed by atoms with E-state index in [-0.39, 0.29) is 0 Å². The van der Waals surface area contributed by atoms with E-state index >= 15 is 0 Å². The van der Waals surface area contributed by atoms with Gasteiger partial charge in [0.25, 0.3) is 5.24 Å². The normalized spacial score (nSPS) is 12.6. The number of benzene rings is 1. The van der Waals surface area contributed by atoms with Gasteiger partial charge in [0.1, 0.15) is 0 Å². The van der Waals surface area contributed by atoms with Crippen molar-refractivity contribution in [3.63, 3.8) is 0 Å². The minimum absolute atomic E-state index is 0.567. The Morgan fingerprint density at radius 2 is 2.08 bits per heavy atom. The summed E-state index contributed by atoms with van der Waals surface area (Å²) in [6, 6.07) is 7.09. The summed E-state index contributed by atoms with van der Waals surface area (Å²) in [5.41, 5.74) is 1.43. The van der Waals surface area contributed by atoms with Crippen LogP contribution in [-0.4, -0.2) is 10.3 Å². The van der Waals surface area contributed by atoms with Gasteiger partial charge in [0.2, 0.25) is 0 Å². The maximum atomic E-state index is 10.6. The van der Waals surface area contributed by atoms with Gasteiger partial charge in [0.05, 0.1) is 0 Å². The van der Waals surface area contributed by atoms with Crippen molar-refractivity contribution < 1.29 is 9.90 Å². The van der Waals surface area contributed by atoms with Crippen LogP contribution in [0, 0.1) is 6.92 Å². The molecule has 0 radical (unpaired) electrons. The van der Waals surface area contributed by atoms with Gasteiger partial charge in [-0.3, -0.25) is 4.79 Å². The Morgan fingerprint density at radius 1 is 1.50 bits per heavy atom. The number of rotatable bonds is 2. The Labute approximate surface area is 75.8 Å². The van der Waals surface area contributed by atoms with Gasteiger partial charge in [-0.05, 0) is 29.7 Å². The van der Waals surface area contributed by atoms with Gasteiger partial charge in [-0.25, -0.2) is 0 Å². The monoisotopic (exact) mass is 184 g/mol. The van der Waals surface area contributed by atoms with Crippen LogP contribution in [0.1, 0.15) is 17.2 Å². The molecule has 0 amide bonds. The summed E-state index contributed by atoms with van der Waals surface area (Å²) >= 11 is 5.15. The number of aliphatic hydroxyl groups is 1. The van der Waals surface area contributed by atoms with Crippen molar-refractivity contribution in [1.82, 2.24) is 0 Å². The molecule has 1 aromatic carbocycles. The lowest BCUT2D eigenvalue weighted by atomic mass is 10.0. The molecule has 0 saturated heterocycles. The van der Waals surface area contributed by atoms with Crippen molar-refractivity contribution in [3.8, 4) is 0 Å². The standard InChI is InChI=1S/C9H9ClO2/c1-6-4-2-3-5-7(6)8(11)9(10)12/h2-5,8,11H,1H3. The van der Waals surface area contributed by atoms with Crippen LogP contribution in [0.15, 0.2) is 24.3 Å². The minimum atomic E-state index is -1.20. The number of hydrogen-bond acceptors (Lipinski definition) is 2. The average Bonchev–Trinajstić information content (AvgIpc) is 2.04. The van der Waals surface area contributed by atoms with Crippen LogP contribution in [0.3, 0.4) is 0 Å². The zero-order valence-corrected chi connectivity index (χ0v) is 7.38. The van der Waals surface area contributed by atoms with E-state index in [4.69, 9.17) is 11.6 Å². The van der Waals surface area contributed by atoms with Gasteiger partial charge in [-0.2, -0.15) is 0 Å². The number of aryl methyl sites for hydroxylation is 1. The molecule has 1 N–H and O–H groups in total. The highest BCUT2D eigenvalue weighted by Crippen LogP contribution is 2.18. The van der Waals surface area contributed by atoms with Crippen molar-refractivity contribution in [2.45, 2.75) is 13.0 Å². The highest BCUT2D eigenvalue weighted by Gasteiger charge is 2.15. The number of hydrogen-bond donors (Lipinski definition) is 1. The Balaban J connectivity index is 3.02. The largest absolute Gasteiger partial charge is 0.379 e. The zero-order chi connectivity index (χ0) is 9.14. The number of carbonyl (C=O) groups is 1. The van der Waals surface area contributed by atoms with Crippen molar-refractivity contribution in [2.24, 2.45) is 0 Å². The molecule has 0 aliphatic rings. The summed E-state index contributed by atoms with van der Waals surface area (Å²) in [7, 11) is 0. The fraction of sp³-hybridized carbons (Fsp3) is 0.222. The summed E-state index contributed by atoms with van der Waals surface area (Å²) in [5, 5.41) is 8.55. The topological polar surface area (TPSA) is 37.3 Å².